The van der Waals surface area contributed by atoms with Crippen molar-refractivity contribution < 1.29 is 9.66 Å². The molecular formula is C13H13N3O3. The number of hydrogen-bond acceptors (Lipinski definition) is 5. The van der Waals surface area contributed by atoms with E-state index >= 15 is 0 Å². The minimum absolute atomic E-state index is 0.0386. The first kappa shape index (κ1) is 12.8. The average Bonchev–Trinajstić information content (AvgIpc) is 2.39. The van der Waals surface area contributed by atoms with Crippen molar-refractivity contribution in [1.29, 1.82) is 0 Å². The third-order valence-electron chi connectivity index (χ3n) is 2.76. The van der Waals surface area contributed by atoms with Crippen molar-refractivity contribution in [2.75, 3.05) is 5.73 Å². The number of benzene rings is 1. The number of nitro groups is 1. The highest BCUT2D eigenvalue weighted by atomic mass is 16.6. The highest BCUT2D eigenvalue weighted by Crippen LogP contribution is 2.27. The van der Waals surface area contributed by atoms with Crippen molar-refractivity contribution in [3.63, 3.8) is 0 Å². The first-order valence-corrected chi connectivity index (χ1v) is 5.65. The topological polar surface area (TPSA) is 91.3 Å². The predicted octanol–water partition coefficient (Wildman–Crippen LogP) is 2.46. The van der Waals surface area contributed by atoms with Gasteiger partial charge in [0.25, 0.3) is 5.69 Å². The molecule has 0 amide bonds. The van der Waals surface area contributed by atoms with Gasteiger partial charge in [-0.15, -0.1) is 0 Å². The first-order chi connectivity index (χ1) is 9.09. The molecule has 0 spiro atoms. The summed E-state index contributed by atoms with van der Waals surface area (Å²) in [6, 6.07) is 8.28. The Labute approximate surface area is 110 Å². The fraction of sp³-hybridized carbons (Fsp3) is 0.154. The van der Waals surface area contributed by atoms with Gasteiger partial charge in [0.15, 0.2) is 0 Å². The molecule has 0 fully saturated rings. The molecule has 1 heterocycles. The van der Waals surface area contributed by atoms with Crippen molar-refractivity contribution in [1.82, 2.24) is 4.98 Å². The second-order valence-corrected chi connectivity index (χ2v) is 3.99. The van der Waals surface area contributed by atoms with Crippen molar-refractivity contribution in [2.45, 2.75) is 13.5 Å². The highest BCUT2D eigenvalue weighted by molar-refractivity contribution is 5.48. The molecule has 0 saturated heterocycles. The molecule has 0 saturated carbocycles. The quantitative estimate of drug-likeness (QED) is 0.672. The number of aromatic nitrogens is 1. The van der Waals surface area contributed by atoms with Gasteiger partial charge < -0.3 is 10.5 Å². The summed E-state index contributed by atoms with van der Waals surface area (Å²) in [7, 11) is 0. The summed E-state index contributed by atoms with van der Waals surface area (Å²) in [5, 5.41) is 10.8. The van der Waals surface area contributed by atoms with E-state index in [1.54, 1.807) is 37.4 Å². The Hall–Kier alpha value is -2.63. The Bertz CT molecular complexity index is 614. The van der Waals surface area contributed by atoms with Crippen LogP contribution in [0.5, 0.6) is 5.75 Å². The molecule has 0 aliphatic heterocycles. The Morgan fingerprint density at radius 1 is 1.37 bits per heavy atom. The highest BCUT2D eigenvalue weighted by Gasteiger charge is 2.14. The fourth-order valence-corrected chi connectivity index (χ4v) is 1.69. The summed E-state index contributed by atoms with van der Waals surface area (Å²) >= 11 is 0. The number of anilines is 1. The van der Waals surface area contributed by atoms with Gasteiger partial charge in [-0.1, -0.05) is 12.1 Å². The number of rotatable bonds is 4. The molecule has 0 aliphatic carbocycles. The Morgan fingerprint density at radius 2 is 2.16 bits per heavy atom. The molecule has 6 heteroatoms. The molecule has 0 aliphatic rings. The van der Waals surface area contributed by atoms with E-state index in [9.17, 15) is 10.1 Å². The first-order valence-electron chi connectivity index (χ1n) is 5.65. The van der Waals surface area contributed by atoms with Crippen LogP contribution in [0.2, 0.25) is 0 Å². The molecular weight excluding hydrogens is 246 g/mol. The van der Waals surface area contributed by atoms with E-state index in [2.05, 4.69) is 4.98 Å². The maximum atomic E-state index is 10.8. The number of nitro benzene ring substituents is 1. The normalized spacial score (nSPS) is 10.2. The molecule has 19 heavy (non-hydrogen) atoms. The van der Waals surface area contributed by atoms with Crippen LogP contribution in [0.15, 0.2) is 36.5 Å². The zero-order valence-electron chi connectivity index (χ0n) is 10.4. The standard InChI is InChI=1S/C13H13N3O3/c1-9-11(16(17)18)5-2-6-12(9)19-8-10-4-3-7-15-13(10)14/h2-7H,8H2,1H3,(H2,14,15). The molecule has 0 unspecified atom stereocenters. The third kappa shape index (κ3) is 2.79. The molecule has 0 atom stereocenters. The molecule has 1 aromatic carbocycles. The van der Waals surface area contributed by atoms with Gasteiger partial charge in [0.2, 0.25) is 0 Å². The van der Waals surface area contributed by atoms with E-state index in [0.717, 1.165) is 5.56 Å². The zero-order valence-corrected chi connectivity index (χ0v) is 10.4. The van der Waals surface area contributed by atoms with Gasteiger partial charge in [0, 0.05) is 17.8 Å². The SMILES string of the molecule is Cc1c(OCc2cccnc2N)cccc1[N+](=O)[O-]. The molecule has 2 N–H and O–H groups in total. The molecule has 1 aromatic heterocycles. The second-order valence-electron chi connectivity index (χ2n) is 3.99. The summed E-state index contributed by atoms with van der Waals surface area (Å²) < 4.78 is 5.57. The molecule has 6 nitrogen and oxygen atoms in total. The monoisotopic (exact) mass is 259 g/mol. The van der Waals surface area contributed by atoms with Crippen LogP contribution in [0.25, 0.3) is 0 Å². The molecule has 2 aromatic rings. The predicted molar refractivity (Wildman–Crippen MR) is 70.8 cm³/mol. The number of nitrogens with zero attached hydrogens (tertiary/aromatic N) is 2. The maximum absolute atomic E-state index is 10.8. The van der Waals surface area contributed by atoms with Crippen molar-refractivity contribution in [2.24, 2.45) is 0 Å². The van der Waals surface area contributed by atoms with E-state index in [1.165, 1.54) is 6.07 Å². The van der Waals surface area contributed by atoms with Gasteiger partial charge in [-0.25, -0.2) is 4.98 Å². The largest absolute Gasteiger partial charge is 0.488 e. The number of hydrogen-bond donors (Lipinski definition) is 1. The molecule has 0 radical (unpaired) electrons. The van der Waals surface area contributed by atoms with Gasteiger partial charge in [-0.3, -0.25) is 10.1 Å². The van der Waals surface area contributed by atoms with Crippen molar-refractivity contribution in [3.05, 3.63) is 57.8 Å². The number of nitrogens with two attached hydrogens (primary N) is 1. The number of nitrogen functional groups attached to an aromatic ring is 1. The summed E-state index contributed by atoms with van der Waals surface area (Å²) in [6.07, 6.45) is 1.59. The van der Waals surface area contributed by atoms with Gasteiger partial charge in [-0.05, 0) is 19.1 Å². The minimum Gasteiger partial charge on any atom is -0.488 e. The van der Waals surface area contributed by atoms with Crippen LogP contribution in [0.1, 0.15) is 11.1 Å². The molecule has 98 valence electrons. The van der Waals surface area contributed by atoms with E-state index in [-0.39, 0.29) is 12.3 Å². The lowest BCUT2D eigenvalue weighted by Crippen LogP contribution is -2.03. The zero-order chi connectivity index (χ0) is 13.8. The number of pyridine rings is 1. The van der Waals surface area contributed by atoms with Gasteiger partial charge >= 0.3 is 0 Å². The minimum atomic E-state index is -0.430. The average molecular weight is 259 g/mol. The van der Waals surface area contributed by atoms with Crippen LogP contribution in [0, 0.1) is 17.0 Å². The number of ether oxygens (including phenoxy) is 1. The van der Waals surface area contributed by atoms with Gasteiger partial charge in [-0.2, -0.15) is 0 Å². The van der Waals surface area contributed by atoms with Crippen LogP contribution in [0.3, 0.4) is 0 Å². The smallest absolute Gasteiger partial charge is 0.276 e. The van der Waals surface area contributed by atoms with Crippen molar-refractivity contribution >= 4 is 11.5 Å². The van der Waals surface area contributed by atoms with Crippen LogP contribution in [-0.4, -0.2) is 9.91 Å². The summed E-state index contributed by atoms with van der Waals surface area (Å²) in [5.74, 6) is 0.864. The lowest BCUT2D eigenvalue weighted by molar-refractivity contribution is -0.385. The van der Waals surface area contributed by atoms with Crippen LogP contribution in [-0.2, 0) is 6.61 Å². The Kier molecular flexibility index (Phi) is 3.61. The van der Waals surface area contributed by atoms with Gasteiger partial charge in [0.1, 0.15) is 18.2 Å². The lowest BCUT2D eigenvalue weighted by atomic mass is 10.2. The summed E-state index contributed by atoms with van der Waals surface area (Å²) in [4.78, 5) is 14.3. The van der Waals surface area contributed by atoms with E-state index in [0.29, 0.717) is 17.1 Å². The van der Waals surface area contributed by atoms with Crippen molar-refractivity contribution in [3.8, 4) is 5.75 Å². The third-order valence-corrected chi connectivity index (χ3v) is 2.76. The lowest BCUT2D eigenvalue weighted by Gasteiger charge is -2.10. The maximum Gasteiger partial charge on any atom is 0.276 e. The van der Waals surface area contributed by atoms with Crippen LogP contribution < -0.4 is 10.5 Å². The molecule has 0 bridgehead atoms. The fourth-order valence-electron chi connectivity index (χ4n) is 1.69. The van der Waals surface area contributed by atoms with Crippen LogP contribution >= 0.6 is 0 Å². The van der Waals surface area contributed by atoms with E-state index < -0.39 is 4.92 Å². The second kappa shape index (κ2) is 5.34. The van der Waals surface area contributed by atoms with E-state index in [4.69, 9.17) is 10.5 Å². The summed E-state index contributed by atoms with van der Waals surface area (Å²) in [5.41, 5.74) is 6.98. The Balaban J connectivity index is 2.19. The molecule has 2 rings (SSSR count). The van der Waals surface area contributed by atoms with Gasteiger partial charge in [0.05, 0.1) is 10.5 Å². The van der Waals surface area contributed by atoms with Crippen LogP contribution in [0.4, 0.5) is 11.5 Å². The summed E-state index contributed by atoms with van der Waals surface area (Å²) in [6.45, 7) is 1.88. The Morgan fingerprint density at radius 3 is 2.84 bits per heavy atom. The van der Waals surface area contributed by atoms with E-state index in [1.807, 2.05) is 0 Å².